The van der Waals surface area contributed by atoms with Crippen LogP contribution in [-0.4, -0.2) is 45.1 Å². The minimum atomic E-state index is -1.05. The number of aromatic nitrogens is 1. The molecule has 0 saturated heterocycles. The smallest absolute Gasteiger partial charge is 0.317 e. The zero-order chi connectivity index (χ0) is 15.4. The van der Waals surface area contributed by atoms with Crippen LogP contribution in [0.1, 0.15) is 11.3 Å². The number of pyridine rings is 1. The van der Waals surface area contributed by atoms with E-state index in [1.165, 1.54) is 4.90 Å². The number of rotatable bonds is 6. The van der Waals surface area contributed by atoms with Crippen molar-refractivity contribution in [2.45, 2.75) is 13.5 Å². The van der Waals surface area contributed by atoms with E-state index in [4.69, 9.17) is 10.2 Å². The highest BCUT2D eigenvalue weighted by atomic mass is 16.4. The maximum Gasteiger partial charge on any atom is 0.317 e. The van der Waals surface area contributed by atoms with E-state index in [1.54, 1.807) is 0 Å². The zero-order valence-corrected chi connectivity index (χ0v) is 11.6. The van der Waals surface area contributed by atoms with E-state index >= 15 is 0 Å². The molecule has 0 saturated carbocycles. The van der Waals surface area contributed by atoms with Crippen LogP contribution < -0.4 is 0 Å². The lowest BCUT2D eigenvalue weighted by molar-refractivity contribution is -0.141. The van der Waals surface area contributed by atoms with E-state index in [9.17, 15) is 9.59 Å². The normalized spacial score (nSPS) is 11.0. The molecule has 0 radical (unpaired) electrons. The molecule has 0 aliphatic heterocycles. The lowest BCUT2D eigenvalue weighted by Gasteiger charge is -2.19. The quantitative estimate of drug-likeness (QED) is 0.837. The Morgan fingerprint density at radius 1 is 1.14 bits per heavy atom. The molecular formula is C15H16N2O4. The minimum Gasteiger partial charge on any atom is -0.480 e. The van der Waals surface area contributed by atoms with Crippen molar-refractivity contribution >= 4 is 22.8 Å². The average molecular weight is 288 g/mol. The van der Waals surface area contributed by atoms with Crippen molar-refractivity contribution in [1.82, 2.24) is 9.88 Å². The molecule has 0 atom stereocenters. The third-order valence-electron chi connectivity index (χ3n) is 3.04. The number of carboxylic acid groups (broad SMARTS) is 2. The second kappa shape index (κ2) is 6.32. The van der Waals surface area contributed by atoms with Gasteiger partial charge in [0.15, 0.2) is 0 Å². The summed E-state index contributed by atoms with van der Waals surface area (Å²) in [5.74, 6) is -2.10. The van der Waals surface area contributed by atoms with Gasteiger partial charge in [0, 0.05) is 17.6 Å². The Labute approximate surface area is 121 Å². The molecule has 21 heavy (non-hydrogen) atoms. The van der Waals surface area contributed by atoms with Gasteiger partial charge in [-0.15, -0.1) is 0 Å². The lowest BCUT2D eigenvalue weighted by Crippen LogP contribution is -2.34. The highest BCUT2D eigenvalue weighted by Crippen LogP contribution is 2.19. The summed E-state index contributed by atoms with van der Waals surface area (Å²) < 4.78 is 0. The number of aryl methyl sites for hydroxylation is 1. The van der Waals surface area contributed by atoms with E-state index in [1.807, 2.05) is 37.3 Å². The van der Waals surface area contributed by atoms with Gasteiger partial charge in [0.1, 0.15) is 0 Å². The van der Waals surface area contributed by atoms with Crippen LogP contribution in [0.5, 0.6) is 0 Å². The first-order chi connectivity index (χ1) is 9.95. The standard InChI is InChI=1S/C15H16N2O4/c1-10-6-11(12-4-2-3-5-13(12)16-10)7-17(8-14(18)19)9-15(20)21/h2-6H,7-9H2,1H3,(H,18,19)(H,20,21). The molecule has 0 bridgehead atoms. The van der Waals surface area contributed by atoms with Gasteiger partial charge in [0.05, 0.1) is 18.6 Å². The number of carboxylic acids is 2. The van der Waals surface area contributed by atoms with Gasteiger partial charge < -0.3 is 10.2 Å². The Bertz CT molecular complexity index is 668. The predicted octanol–water partition coefficient (Wildman–Crippen LogP) is 1.51. The lowest BCUT2D eigenvalue weighted by atomic mass is 10.1. The fourth-order valence-electron chi connectivity index (χ4n) is 2.32. The monoisotopic (exact) mass is 288 g/mol. The highest BCUT2D eigenvalue weighted by Gasteiger charge is 2.15. The first-order valence-corrected chi connectivity index (χ1v) is 6.47. The highest BCUT2D eigenvalue weighted by molar-refractivity contribution is 5.82. The summed E-state index contributed by atoms with van der Waals surface area (Å²) in [5.41, 5.74) is 2.51. The van der Waals surface area contributed by atoms with Crippen LogP contribution in [0.2, 0.25) is 0 Å². The van der Waals surface area contributed by atoms with Crippen molar-refractivity contribution in [3.63, 3.8) is 0 Å². The third kappa shape index (κ3) is 4.00. The van der Waals surface area contributed by atoms with Crippen molar-refractivity contribution in [1.29, 1.82) is 0 Å². The Hall–Kier alpha value is -2.47. The van der Waals surface area contributed by atoms with Crippen molar-refractivity contribution in [3.8, 4) is 0 Å². The molecule has 0 aliphatic rings. The second-order valence-corrected chi connectivity index (χ2v) is 4.87. The number of benzene rings is 1. The minimum absolute atomic E-state index is 0.252. The maximum absolute atomic E-state index is 10.9. The zero-order valence-electron chi connectivity index (χ0n) is 11.6. The fourth-order valence-corrected chi connectivity index (χ4v) is 2.32. The van der Waals surface area contributed by atoms with Crippen molar-refractivity contribution in [2.24, 2.45) is 0 Å². The molecule has 1 aromatic heterocycles. The Kier molecular flexibility index (Phi) is 4.49. The van der Waals surface area contributed by atoms with E-state index in [-0.39, 0.29) is 19.6 Å². The SMILES string of the molecule is Cc1cc(CN(CC(=O)O)CC(=O)O)c2ccccc2n1. The first kappa shape index (κ1) is 14.9. The Morgan fingerprint density at radius 2 is 1.76 bits per heavy atom. The largest absolute Gasteiger partial charge is 0.480 e. The summed E-state index contributed by atoms with van der Waals surface area (Å²) in [6, 6.07) is 9.40. The number of nitrogens with zero attached hydrogens (tertiary/aromatic N) is 2. The first-order valence-electron chi connectivity index (χ1n) is 6.47. The molecular weight excluding hydrogens is 272 g/mol. The molecule has 110 valence electrons. The molecule has 0 spiro atoms. The van der Waals surface area contributed by atoms with Crippen LogP contribution in [0.3, 0.4) is 0 Å². The summed E-state index contributed by atoms with van der Waals surface area (Å²) in [6.45, 7) is 1.47. The van der Waals surface area contributed by atoms with Gasteiger partial charge in [-0.2, -0.15) is 0 Å². The van der Waals surface area contributed by atoms with E-state index in [2.05, 4.69) is 4.98 Å². The molecule has 0 amide bonds. The van der Waals surface area contributed by atoms with Gasteiger partial charge in [-0.05, 0) is 24.6 Å². The number of aliphatic carboxylic acids is 2. The van der Waals surface area contributed by atoms with Gasteiger partial charge in [-0.1, -0.05) is 18.2 Å². The molecule has 1 heterocycles. The van der Waals surface area contributed by atoms with Gasteiger partial charge in [0.25, 0.3) is 0 Å². The number of fused-ring (bicyclic) bond motifs is 1. The summed E-state index contributed by atoms with van der Waals surface area (Å²) in [6.07, 6.45) is 0. The summed E-state index contributed by atoms with van der Waals surface area (Å²) >= 11 is 0. The van der Waals surface area contributed by atoms with Crippen LogP contribution in [-0.2, 0) is 16.1 Å². The number of carbonyl (C=O) groups is 2. The third-order valence-corrected chi connectivity index (χ3v) is 3.04. The molecule has 1 aromatic carbocycles. The van der Waals surface area contributed by atoms with Gasteiger partial charge in [-0.3, -0.25) is 19.5 Å². The topological polar surface area (TPSA) is 90.7 Å². The number of hydrogen-bond acceptors (Lipinski definition) is 4. The average Bonchev–Trinajstić information content (AvgIpc) is 2.36. The molecule has 2 N–H and O–H groups in total. The van der Waals surface area contributed by atoms with Crippen LogP contribution in [0, 0.1) is 6.92 Å². The van der Waals surface area contributed by atoms with E-state index < -0.39 is 11.9 Å². The number of para-hydroxylation sites is 1. The molecule has 0 unspecified atom stereocenters. The van der Waals surface area contributed by atoms with Crippen molar-refractivity contribution in [2.75, 3.05) is 13.1 Å². The summed E-state index contributed by atoms with van der Waals surface area (Å²) in [7, 11) is 0. The van der Waals surface area contributed by atoms with Gasteiger partial charge in [0.2, 0.25) is 0 Å². The fraction of sp³-hybridized carbons (Fsp3) is 0.267. The molecule has 6 heteroatoms. The van der Waals surface area contributed by atoms with Crippen LogP contribution in [0.4, 0.5) is 0 Å². The van der Waals surface area contributed by atoms with Crippen LogP contribution in [0.25, 0.3) is 10.9 Å². The Balaban J connectivity index is 2.35. The Morgan fingerprint density at radius 3 is 2.38 bits per heavy atom. The van der Waals surface area contributed by atoms with Crippen LogP contribution >= 0.6 is 0 Å². The van der Waals surface area contributed by atoms with Gasteiger partial charge >= 0.3 is 11.9 Å². The van der Waals surface area contributed by atoms with Gasteiger partial charge in [-0.25, -0.2) is 0 Å². The van der Waals surface area contributed by atoms with Crippen molar-refractivity contribution in [3.05, 3.63) is 41.6 Å². The molecule has 0 aliphatic carbocycles. The summed E-state index contributed by atoms with van der Waals surface area (Å²) in [4.78, 5) is 27.5. The number of hydrogen-bond donors (Lipinski definition) is 2. The van der Waals surface area contributed by atoms with E-state index in [0.717, 1.165) is 22.2 Å². The molecule has 2 aromatic rings. The van der Waals surface area contributed by atoms with Crippen LogP contribution in [0.15, 0.2) is 30.3 Å². The van der Waals surface area contributed by atoms with E-state index in [0.29, 0.717) is 0 Å². The second-order valence-electron chi connectivity index (χ2n) is 4.87. The van der Waals surface area contributed by atoms with Crippen molar-refractivity contribution < 1.29 is 19.8 Å². The molecule has 2 rings (SSSR count). The summed E-state index contributed by atoms with van der Waals surface area (Å²) in [5, 5.41) is 18.7. The predicted molar refractivity (Wildman–Crippen MR) is 77.0 cm³/mol. The molecule has 0 fully saturated rings. The molecule has 6 nitrogen and oxygen atoms in total. The maximum atomic E-state index is 10.9.